The van der Waals surface area contributed by atoms with E-state index in [1.165, 1.54) is 0 Å². The highest BCUT2D eigenvalue weighted by Gasteiger charge is 2.18. The second-order valence-electron chi connectivity index (χ2n) is 6.71. The van der Waals surface area contributed by atoms with Gasteiger partial charge in [0.05, 0.1) is 12.2 Å². The van der Waals surface area contributed by atoms with Crippen LogP contribution in [0.5, 0.6) is 0 Å². The van der Waals surface area contributed by atoms with E-state index in [0.29, 0.717) is 18.7 Å². The third-order valence-corrected chi connectivity index (χ3v) is 4.55. The van der Waals surface area contributed by atoms with Gasteiger partial charge in [0.25, 0.3) is 5.56 Å². The van der Waals surface area contributed by atoms with Gasteiger partial charge in [0.1, 0.15) is 5.65 Å². The molecular weight excluding hydrogens is 318 g/mol. The summed E-state index contributed by atoms with van der Waals surface area (Å²) >= 11 is 0. The molecule has 0 aliphatic carbocycles. The molecule has 7 nitrogen and oxygen atoms in total. The topological polar surface area (TPSA) is 61.2 Å². The molecule has 0 N–H and O–H groups in total. The molecule has 0 radical (unpaired) electrons. The minimum Gasteiger partial charge on any atom is -0.348 e. The van der Waals surface area contributed by atoms with Crippen LogP contribution in [0, 0.1) is 0 Å². The number of aromatic nitrogens is 2. The van der Waals surface area contributed by atoms with Crippen LogP contribution >= 0.6 is 0 Å². The van der Waals surface area contributed by atoms with E-state index in [1.807, 2.05) is 18.2 Å². The minimum absolute atomic E-state index is 0.0476. The van der Waals surface area contributed by atoms with Crippen LogP contribution in [0.15, 0.2) is 35.3 Å². The summed E-state index contributed by atoms with van der Waals surface area (Å²) in [5.41, 5.74) is 1.43. The van der Waals surface area contributed by atoms with E-state index < -0.39 is 0 Å². The lowest BCUT2D eigenvalue weighted by atomic mass is 10.3. The summed E-state index contributed by atoms with van der Waals surface area (Å²) < 4.78 is 1.56. The number of hydrogen-bond donors (Lipinski definition) is 0. The van der Waals surface area contributed by atoms with Gasteiger partial charge < -0.3 is 4.90 Å². The predicted molar refractivity (Wildman–Crippen MR) is 96.5 cm³/mol. The van der Waals surface area contributed by atoms with Crippen molar-refractivity contribution in [3.63, 3.8) is 0 Å². The van der Waals surface area contributed by atoms with E-state index in [2.05, 4.69) is 14.8 Å². The molecule has 1 aliphatic rings. The fourth-order valence-electron chi connectivity index (χ4n) is 3.09. The SMILES string of the molecule is CN(C)C(=O)CN1CCCN(Cc2cc(=O)n3ccccc3n2)CC1. The predicted octanol–water partition coefficient (Wildman–Crippen LogP) is 0.290. The number of rotatable bonds is 4. The van der Waals surface area contributed by atoms with Crippen LogP contribution in [-0.2, 0) is 11.3 Å². The van der Waals surface area contributed by atoms with Crippen molar-refractivity contribution >= 4 is 11.6 Å². The Balaban J connectivity index is 1.64. The molecule has 134 valence electrons. The van der Waals surface area contributed by atoms with Gasteiger partial charge in [0, 0.05) is 46.0 Å². The Morgan fingerprint density at radius 2 is 1.92 bits per heavy atom. The minimum atomic E-state index is -0.0476. The number of pyridine rings is 1. The summed E-state index contributed by atoms with van der Waals surface area (Å²) in [5.74, 6) is 0.137. The number of hydrogen-bond acceptors (Lipinski definition) is 5. The summed E-state index contributed by atoms with van der Waals surface area (Å²) in [6.45, 7) is 4.72. The van der Waals surface area contributed by atoms with Crippen LogP contribution in [0.4, 0.5) is 0 Å². The molecule has 1 fully saturated rings. The molecule has 0 unspecified atom stereocenters. The van der Waals surface area contributed by atoms with Crippen LogP contribution in [0.3, 0.4) is 0 Å². The molecule has 2 aromatic rings. The highest BCUT2D eigenvalue weighted by atomic mass is 16.2. The van der Waals surface area contributed by atoms with Crippen LogP contribution in [0.1, 0.15) is 12.1 Å². The third-order valence-electron chi connectivity index (χ3n) is 4.55. The lowest BCUT2D eigenvalue weighted by Gasteiger charge is -2.22. The number of carbonyl (C=O) groups is 1. The van der Waals surface area contributed by atoms with Gasteiger partial charge in [0.2, 0.25) is 5.91 Å². The fraction of sp³-hybridized carbons (Fsp3) is 0.500. The molecule has 25 heavy (non-hydrogen) atoms. The zero-order chi connectivity index (χ0) is 17.8. The first kappa shape index (κ1) is 17.6. The molecule has 1 amide bonds. The fourth-order valence-corrected chi connectivity index (χ4v) is 3.09. The van der Waals surface area contributed by atoms with Crippen LogP contribution < -0.4 is 5.56 Å². The second-order valence-corrected chi connectivity index (χ2v) is 6.71. The first-order valence-corrected chi connectivity index (χ1v) is 8.65. The van der Waals surface area contributed by atoms with Crippen molar-refractivity contribution in [2.24, 2.45) is 0 Å². The number of amides is 1. The summed E-state index contributed by atoms with van der Waals surface area (Å²) in [5, 5.41) is 0. The van der Waals surface area contributed by atoms with Gasteiger partial charge in [0.15, 0.2) is 0 Å². The number of fused-ring (bicyclic) bond motifs is 1. The number of carbonyl (C=O) groups excluding carboxylic acids is 1. The summed E-state index contributed by atoms with van der Waals surface area (Å²) in [6, 6.07) is 7.18. The molecule has 3 heterocycles. The standard InChI is InChI=1S/C18H25N5O2/c1-20(2)18(25)14-22-8-5-7-21(10-11-22)13-15-12-17(24)23-9-4-3-6-16(23)19-15/h3-4,6,9,12H,5,7-8,10-11,13-14H2,1-2H3. The molecule has 0 bridgehead atoms. The largest absolute Gasteiger partial charge is 0.348 e. The average Bonchev–Trinajstić information content (AvgIpc) is 2.80. The molecule has 0 spiro atoms. The van der Waals surface area contributed by atoms with E-state index in [4.69, 9.17) is 0 Å². The van der Waals surface area contributed by atoms with Crippen molar-refractivity contribution in [3.8, 4) is 0 Å². The lowest BCUT2D eigenvalue weighted by molar-refractivity contribution is -0.129. The highest BCUT2D eigenvalue weighted by Crippen LogP contribution is 2.08. The van der Waals surface area contributed by atoms with Crippen molar-refractivity contribution in [2.75, 3.05) is 46.8 Å². The number of likely N-dealkylation sites (N-methyl/N-ethyl adjacent to an activating group) is 1. The highest BCUT2D eigenvalue weighted by molar-refractivity contribution is 5.77. The summed E-state index contributed by atoms with van der Waals surface area (Å²) in [7, 11) is 3.58. The number of nitrogens with zero attached hydrogens (tertiary/aromatic N) is 5. The van der Waals surface area contributed by atoms with Crippen LogP contribution in [0.2, 0.25) is 0 Å². The normalized spacial score (nSPS) is 16.7. The van der Waals surface area contributed by atoms with Crippen molar-refractivity contribution < 1.29 is 4.79 Å². The molecule has 0 aromatic carbocycles. The van der Waals surface area contributed by atoms with Gasteiger partial charge in [-0.3, -0.25) is 23.8 Å². The van der Waals surface area contributed by atoms with Crippen LogP contribution in [-0.4, -0.2) is 76.8 Å². The third kappa shape index (κ3) is 4.43. The van der Waals surface area contributed by atoms with Gasteiger partial charge in [-0.15, -0.1) is 0 Å². The molecule has 3 rings (SSSR count). The van der Waals surface area contributed by atoms with E-state index in [9.17, 15) is 9.59 Å². The molecule has 1 aliphatic heterocycles. The van der Waals surface area contributed by atoms with E-state index in [0.717, 1.165) is 38.3 Å². The van der Waals surface area contributed by atoms with Crippen molar-refractivity contribution in [2.45, 2.75) is 13.0 Å². The Labute approximate surface area is 147 Å². The molecule has 0 atom stereocenters. The Bertz CT molecular complexity index is 801. The summed E-state index contributed by atoms with van der Waals surface area (Å²) in [6.07, 6.45) is 2.74. The average molecular weight is 343 g/mol. The van der Waals surface area contributed by atoms with E-state index in [1.54, 1.807) is 35.7 Å². The Morgan fingerprint density at radius 3 is 2.72 bits per heavy atom. The molecule has 2 aromatic heterocycles. The quantitative estimate of drug-likeness (QED) is 0.799. The maximum atomic E-state index is 12.2. The smallest absolute Gasteiger partial charge is 0.258 e. The zero-order valence-electron chi connectivity index (χ0n) is 14.9. The van der Waals surface area contributed by atoms with Crippen molar-refractivity contribution in [3.05, 3.63) is 46.5 Å². The molecular formula is C18H25N5O2. The van der Waals surface area contributed by atoms with E-state index >= 15 is 0 Å². The van der Waals surface area contributed by atoms with Crippen molar-refractivity contribution in [1.29, 1.82) is 0 Å². The molecule has 0 saturated carbocycles. The van der Waals surface area contributed by atoms with Gasteiger partial charge in [-0.1, -0.05) is 6.07 Å². The second kappa shape index (κ2) is 7.76. The maximum Gasteiger partial charge on any atom is 0.258 e. The van der Waals surface area contributed by atoms with Crippen LogP contribution in [0.25, 0.3) is 5.65 Å². The first-order chi connectivity index (χ1) is 12.0. The van der Waals surface area contributed by atoms with Gasteiger partial charge in [-0.2, -0.15) is 0 Å². The van der Waals surface area contributed by atoms with Gasteiger partial charge in [-0.05, 0) is 31.6 Å². The summed E-state index contributed by atoms with van der Waals surface area (Å²) in [4.78, 5) is 34.8. The van der Waals surface area contributed by atoms with Crippen molar-refractivity contribution in [1.82, 2.24) is 24.1 Å². The van der Waals surface area contributed by atoms with Gasteiger partial charge >= 0.3 is 0 Å². The van der Waals surface area contributed by atoms with Gasteiger partial charge in [-0.25, -0.2) is 4.98 Å². The Morgan fingerprint density at radius 1 is 1.16 bits per heavy atom. The monoisotopic (exact) mass is 343 g/mol. The Hall–Kier alpha value is -2.25. The lowest BCUT2D eigenvalue weighted by Crippen LogP contribution is -2.38. The zero-order valence-corrected chi connectivity index (χ0v) is 14.9. The first-order valence-electron chi connectivity index (χ1n) is 8.65. The molecule has 7 heteroatoms. The molecule has 1 saturated heterocycles. The maximum absolute atomic E-state index is 12.2. The Kier molecular flexibility index (Phi) is 5.45. The van der Waals surface area contributed by atoms with E-state index in [-0.39, 0.29) is 11.5 Å².